The topological polar surface area (TPSA) is 98.7 Å². The first-order chi connectivity index (χ1) is 15.3. The molecule has 7 nitrogen and oxygen atoms in total. The molecule has 1 aromatic heterocycles. The van der Waals surface area contributed by atoms with E-state index in [9.17, 15) is 14.0 Å². The number of aryl methyl sites for hydroxylation is 1. The first-order valence-electron chi connectivity index (χ1n) is 10.1. The Bertz CT molecular complexity index is 1150. The lowest BCUT2D eigenvalue weighted by Gasteiger charge is -2.10. The highest BCUT2D eigenvalue weighted by molar-refractivity contribution is 6.02. The van der Waals surface area contributed by atoms with E-state index < -0.39 is 6.09 Å². The number of hydrogen-bond donors (Lipinski definition) is 2. The van der Waals surface area contributed by atoms with E-state index in [2.05, 4.69) is 10.3 Å². The van der Waals surface area contributed by atoms with E-state index in [0.29, 0.717) is 17.7 Å². The Kier molecular flexibility index (Phi) is 7.04. The maximum atomic E-state index is 13.2. The number of rotatable bonds is 6. The van der Waals surface area contributed by atoms with Crippen molar-refractivity contribution >= 4 is 17.8 Å². The number of amides is 2. The van der Waals surface area contributed by atoms with Crippen molar-refractivity contribution in [2.24, 2.45) is 10.7 Å². The quantitative estimate of drug-likeness (QED) is 0.450. The van der Waals surface area contributed by atoms with Crippen molar-refractivity contribution in [1.82, 2.24) is 9.88 Å². The molecule has 2 aromatic carbocycles. The number of nitrogens with zero attached hydrogens (tertiary/aromatic N) is 2. The molecule has 0 unspecified atom stereocenters. The van der Waals surface area contributed by atoms with E-state index in [-0.39, 0.29) is 24.2 Å². The van der Waals surface area contributed by atoms with Gasteiger partial charge in [0, 0.05) is 29.2 Å². The number of hydrogen-bond acceptors (Lipinski definition) is 3. The van der Waals surface area contributed by atoms with Gasteiger partial charge in [0.05, 0.1) is 12.2 Å². The number of benzene rings is 2. The van der Waals surface area contributed by atoms with Gasteiger partial charge in [0.15, 0.2) is 0 Å². The number of ether oxygens (including phenoxy) is 1. The summed E-state index contributed by atoms with van der Waals surface area (Å²) >= 11 is 0. The summed E-state index contributed by atoms with van der Waals surface area (Å²) in [7, 11) is 0. The molecule has 0 saturated carbocycles. The van der Waals surface area contributed by atoms with Crippen LogP contribution in [0.1, 0.15) is 39.8 Å². The maximum Gasteiger partial charge on any atom is 0.435 e. The van der Waals surface area contributed by atoms with E-state index in [0.717, 1.165) is 22.6 Å². The lowest BCUT2D eigenvalue weighted by atomic mass is 10.1. The zero-order valence-corrected chi connectivity index (χ0v) is 18.2. The summed E-state index contributed by atoms with van der Waals surface area (Å²) in [6.07, 6.45) is -0.737. The summed E-state index contributed by atoms with van der Waals surface area (Å²) in [4.78, 5) is 27.9. The minimum atomic E-state index is -0.737. The third-order valence-corrected chi connectivity index (χ3v) is 4.94. The predicted molar refractivity (Wildman–Crippen MR) is 121 cm³/mol. The number of amidine groups is 1. The van der Waals surface area contributed by atoms with Crippen molar-refractivity contribution in [2.75, 3.05) is 6.61 Å². The molecule has 2 amide bonds. The van der Waals surface area contributed by atoms with Crippen molar-refractivity contribution in [3.8, 4) is 5.69 Å². The summed E-state index contributed by atoms with van der Waals surface area (Å²) in [5.41, 5.74) is 10.2. The third-order valence-electron chi connectivity index (χ3n) is 4.94. The van der Waals surface area contributed by atoms with Crippen molar-refractivity contribution in [2.45, 2.75) is 27.3 Å². The molecule has 0 spiro atoms. The van der Waals surface area contributed by atoms with Crippen LogP contribution < -0.4 is 11.1 Å². The molecule has 1 heterocycles. The number of halogens is 1. The molecule has 0 fully saturated rings. The lowest BCUT2D eigenvalue weighted by molar-refractivity contribution is 0.0950. The summed E-state index contributed by atoms with van der Waals surface area (Å²) in [6.45, 7) is 5.97. The fourth-order valence-electron chi connectivity index (χ4n) is 3.37. The molecule has 3 N–H and O–H groups in total. The van der Waals surface area contributed by atoms with Gasteiger partial charge in [0.2, 0.25) is 0 Å². The molecule has 0 radical (unpaired) electrons. The van der Waals surface area contributed by atoms with Crippen LogP contribution in [0.15, 0.2) is 59.6 Å². The van der Waals surface area contributed by atoms with Gasteiger partial charge in [0.1, 0.15) is 11.7 Å². The van der Waals surface area contributed by atoms with Crippen LogP contribution in [0.5, 0.6) is 0 Å². The second kappa shape index (κ2) is 9.91. The standard InChI is InChI=1S/C24H25FN4O3/c1-4-32-24(31)28-22(26)18-7-5-17(6-8-18)14-27-23(30)21-13-15(2)29(16(21)3)20-11-9-19(25)10-12-20/h5-13H,4,14H2,1-3H3,(H,27,30)(H2,26,28,31). The minimum absolute atomic E-state index is 0.0623. The molecule has 0 saturated heterocycles. The molecule has 3 aromatic rings. The molecule has 0 aliphatic rings. The molecular weight excluding hydrogens is 411 g/mol. The molecule has 3 rings (SSSR count). The first-order valence-corrected chi connectivity index (χ1v) is 10.1. The highest BCUT2D eigenvalue weighted by atomic mass is 19.1. The van der Waals surface area contributed by atoms with Crippen LogP contribution in [0, 0.1) is 19.7 Å². The lowest BCUT2D eigenvalue weighted by Crippen LogP contribution is -2.23. The van der Waals surface area contributed by atoms with Gasteiger partial charge in [-0.2, -0.15) is 4.99 Å². The Morgan fingerprint density at radius 3 is 2.38 bits per heavy atom. The second-order valence-electron chi connectivity index (χ2n) is 7.17. The Hall–Kier alpha value is -3.94. The number of aromatic nitrogens is 1. The first kappa shape index (κ1) is 22.7. The van der Waals surface area contributed by atoms with Crippen LogP contribution >= 0.6 is 0 Å². The number of carbonyl (C=O) groups excluding carboxylic acids is 2. The molecule has 0 aliphatic heterocycles. The summed E-state index contributed by atoms with van der Waals surface area (Å²) < 4.78 is 19.9. The Balaban J connectivity index is 1.68. The van der Waals surface area contributed by atoms with Gasteiger partial charge in [-0.15, -0.1) is 0 Å². The normalized spacial score (nSPS) is 11.3. The van der Waals surface area contributed by atoms with Crippen LogP contribution in [-0.4, -0.2) is 29.0 Å². The molecular formula is C24H25FN4O3. The van der Waals surface area contributed by atoms with Crippen molar-refractivity contribution in [3.05, 3.63) is 88.5 Å². The Labute approximate surface area is 185 Å². The smallest absolute Gasteiger partial charge is 0.435 e. The van der Waals surface area contributed by atoms with E-state index in [1.807, 2.05) is 24.5 Å². The predicted octanol–water partition coefficient (Wildman–Crippen LogP) is 4.03. The number of aliphatic imine (C=N–C) groups is 1. The number of nitrogens with two attached hydrogens (primary N) is 1. The van der Waals surface area contributed by atoms with Crippen molar-refractivity contribution < 1.29 is 18.7 Å². The maximum absolute atomic E-state index is 13.2. The van der Waals surface area contributed by atoms with Gasteiger partial charge in [-0.3, -0.25) is 4.79 Å². The zero-order chi connectivity index (χ0) is 23.3. The van der Waals surface area contributed by atoms with Gasteiger partial charge in [-0.25, -0.2) is 9.18 Å². The Morgan fingerprint density at radius 2 is 1.75 bits per heavy atom. The van der Waals surface area contributed by atoms with Gasteiger partial charge in [-0.05, 0) is 56.7 Å². The van der Waals surface area contributed by atoms with E-state index in [1.54, 1.807) is 43.3 Å². The van der Waals surface area contributed by atoms with Gasteiger partial charge in [0.25, 0.3) is 5.91 Å². The summed E-state index contributed by atoms with van der Waals surface area (Å²) in [5, 5.41) is 2.91. The minimum Gasteiger partial charge on any atom is -0.448 e. The highest BCUT2D eigenvalue weighted by Gasteiger charge is 2.16. The van der Waals surface area contributed by atoms with Crippen LogP contribution in [0.4, 0.5) is 9.18 Å². The van der Waals surface area contributed by atoms with E-state index in [1.165, 1.54) is 12.1 Å². The van der Waals surface area contributed by atoms with E-state index >= 15 is 0 Å². The van der Waals surface area contributed by atoms with Gasteiger partial charge in [-0.1, -0.05) is 24.3 Å². The summed E-state index contributed by atoms with van der Waals surface area (Å²) in [6, 6.07) is 15.0. The largest absolute Gasteiger partial charge is 0.448 e. The average Bonchev–Trinajstić information content (AvgIpc) is 3.07. The van der Waals surface area contributed by atoms with Crippen LogP contribution in [0.2, 0.25) is 0 Å². The molecule has 8 heteroatoms. The van der Waals surface area contributed by atoms with Crippen molar-refractivity contribution in [3.63, 3.8) is 0 Å². The molecule has 0 aliphatic carbocycles. The van der Waals surface area contributed by atoms with Gasteiger partial charge >= 0.3 is 6.09 Å². The third kappa shape index (κ3) is 5.21. The number of carbonyl (C=O) groups is 2. The number of nitrogens with one attached hydrogen (secondary N) is 1. The molecule has 32 heavy (non-hydrogen) atoms. The van der Waals surface area contributed by atoms with Crippen molar-refractivity contribution in [1.29, 1.82) is 0 Å². The average molecular weight is 436 g/mol. The Morgan fingerprint density at radius 1 is 1.09 bits per heavy atom. The van der Waals surface area contributed by atoms with Gasteiger partial charge < -0.3 is 20.4 Å². The SMILES string of the molecule is CCOC(=O)N=C(N)c1ccc(CNC(=O)c2cc(C)n(-c3ccc(F)cc3)c2C)cc1. The zero-order valence-electron chi connectivity index (χ0n) is 18.2. The summed E-state index contributed by atoms with van der Waals surface area (Å²) in [5.74, 6) is -0.458. The monoisotopic (exact) mass is 436 g/mol. The molecule has 0 bridgehead atoms. The van der Waals surface area contributed by atoms with Crippen LogP contribution in [-0.2, 0) is 11.3 Å². The fraction of sp³-hybridized carbons (Fsp3) is 0.208. The second-order valence-corrected chi connectivity index (χ2v) is 7.17. The van der Waals surface area contributed by atoms with Crippen LogP contribution in [0.3, 0.4) is 0 Å². The fourth-order valence-corrected chi connectivity index (χ4v) is 3.37. The molecule has 166 valence electrons. The van der Waals surface area contributed by atoms with Crippen LogP contribution in [0.25, 0.3) is 5.69 Å². The van der Waals surface area contributed by atoms with E-state index in [4.69, 9.17) is 10.5 Å². The highest BCUT2D eigenvalue weighted by Crippen LogP contribution is 2.21. The molecule has 0 atom stereocenters.